The van der Waals surface area contributed by atoms with Crippen LogP contribution >= 0.6 is 0 Å². The maximum Gasteiger partial charge on any atom is 0.425 e. The average Bonchev–Trinajstić information content (AvgIpc) is 2.62. The number of hydrogen-bond donors (Lipinski definition) is 3. The van der Waals surface area contributed by atoms with Crippen molar-refractivity contribution in [1.29, 1.82) is 0 Å². The SMILES string of the molecule is O=C(O)N/N=C\c1c[nH]c2ccccc12. The summed E-state index contributed by atoms with van der Waals surface area (Å²) in [5, 5.41) is 12.9. The lowest BCUT2D eigenvalue weighted by Gasteiger charge is -1.91. The van der Waals surface area contributed by atoms with Gasteiger partial charge in [0.05, 0.1) is 6.21 Å². The Balaban J connectivity index is 2.28. The summed E-state index contributed by atoms with van der Waals surface area (Å²) in [4.78, 5) is 13.2. The number of H-pyrrole nitrogens is 1. The zero-order valence-electron chi connectivity index (χ0n) is 7.77. The highest BCUT2D eigenvalue weighted by atomic mass is 16.4. The van der Waals surface area contributed by atoms with Crippen LogP contribution in [0.15, 0.2) is 35.6 Å². The molecule has 0 fully saturated rings. The quantitative estimate of drug-likeness (QED) is 0.513. The van der Waals surface area contributed by atoms with Crippen LogP contribution in [-0.2, 0) is 0 Å². The molecule has 5 heteroatoms. The van der Waals surface area contributed by atoms with Gasteiger partial charge in [0.15, 0.2) is 0 Å². The molecule has 0 aliphatic rings. The van der Waals surface area contributed by atoms with Crippen molar-refractivity contribution < 1.29 is 9.90 Å². The van der Waals surface area contributed by atoms with Crippen molar-refractivity contribution in [2.24, 2.45) is 5.10 Å². The number of hydrogen-bond acceptors (Lipinski definition) is 2. The molecule has 76 valence electrons. The van der Waals surface area contributed by atoms with Crippen molar-refractivity contribution in [3.8, 4) is 0 Å². The Labute approximate surface area is 85.4 Å². The smallest absolute Gasteiger partial charge is 0.425 e. The van der Waals surface area contributed by atoms with Gasteiger partial charge in [0.1, 0.15) is 0 Å². The number of benzene rings is 1. The second-order valence-electron chi connectivity index (χ2n) is 2.96. The van der Waals surface area contributed by atoms with E-state index in [0.29, 0.717) is 0 Å². The zero-order valence-corrected chi connectivity index (χ0v) is 7.77. The molecule has 1 aromatic heterocycles. The summed E-state index contributed by atoms with van der Waals surface area (Å²) in [6.45, 7) is 0. The summed E-state index contributed by atoms with van der Waals surface area (Å²) in [5.74, 6) is 0. The van der Waals surface area contributed by atoms with Crippen LogP contribution in [0, 0.1) is 0 Å². The van der Waals surface area contributed by atoms with Crippen molar-refractivity contribution in [3.05, 3.63) is 36.0 Å². The van der Waals surface area contributed by atoms with Crippen molar-refractivity contribution in [1.82, 2.24) is 10.4 Å². The molecule has 0 radical (unpaired) electrons. The fraction of sp³-hybridized carbons (Fsp3) is 0. The molecule has 3 N–H and O–H groups in total. The first-order chi connectivity index (χ1) is 7.27. The van der Waals surface area contributed by atoms with Gasteiger partial charge in [-0.05, 0) is 6.07 Å². The molecule has 0 saturated heterocycles. The van der Waals surface area contributed by atoms with Gasteiger partial charge in [0.25, 0.3) is 0 Å². The number of aromatic nitrogens is 1. The lowest BCUT2D eigenvalue weighted by Crippen LogP contribution is -2.13. The van der Waals surface area contributed by atoms with E-state index in [-0.39, 0.29) is 0 Å². The first-order valence-electron chi connectivity index (χ1n) is 4.35. The number of amides is 1. The second kappa shape index (κ2) is 3.83. The fourth-order valence-electron chi connectivity index (χ4n) is 1.36. The third-order valence-electron chi connectivity index (χ3n) is 1.99. The van der Waals surface area contributed by atoms with E-state index in [0.717, 1.165) is 16.5 Å². The Morgan fingerprint density at radius 3 is 3.07 bits per heavy atom. The summed E-state index contributed by atoms with van der Waals surface area (Å²) < 4.78 is 0. The Kier molecular flexibility index (Phi) is 2.37. The minimum absolute atomic E-state index is 0.847. The summed E-state index contributed by atoms with van der Waals surface area (Å²) >= 11 is 0. The molecule has 15 heavy (non-hydrogen) atoms. The number of carbonyl (C=O) groups is 1. The number of carboxylic acid groups (broad SMARTS) is 1. The maximum atomic E-state index is 10.2. The molecule has 0 unspecified atom stereocenters. The number of para-hydroxylation sites is 1. The van der Waals surface area contributed by atoms with E-state index in [1.54, 1.807) is 6.20 Å². The largest absolute Gasteiger partial charge is 0.464 e. The van der Waals surface area contributed by atoms with Crippen LogP contribution in [0.25, 0.3) is 10.9 Å². The van der Waals surface area contributed by atoms with Gasteiger partial charge in [-0.1, -0.05) is 18.2 Å². The van der Waals surface area contributed by atoms with Gasteiger partial charge in [-0.3, -0.25) is 0 Å². The van der Waals surface area contributed by atoms with Gasteiger partial charge in [-0.15, -0.1) is 0 Å². The summed E-state index contributed by atoms with van der Waals surface area (Å²) in [6, 6.07) is 7.72. The molecule has 1 amide bonds. The van der Waals surface area contributed by atoms with Crippen molar-refractivity contribution in [3.63, 3.8) is 0 Å². The van der Waals surface area contributed by atoms with E-state index in [2.05, 4.69) is 10.1 Å². The second-order valence-corrected chi connectivity index (χ2v) is 2.96. The molecular formula is C10H9N3O2. The lowest BCUT2D eigenvalue weighted by molar-refractivity contribution is 0.195. The maximum absolute atomic E-state index is 10.2. The standard InChI is InChI=1S/C10H9N3O2/c14-10(15)13-12-6-7-5-11-9-4-2-1-3-8(7)9/h1-6,11,13H,(H,14,15)/b12-6-. The number of hydrazone groups is 1. The number of aromatic amines is 1. The number of fused-ring (bicyclic) bond motifs is 1. The van der Waals surface area contributed by atoms with E-state index in [9.17, 15) is 4.79 Å². The highest BCUT2D eigenvalue weighted by Crippen LogP contribution is 2.15. The monoisotopic (exact) mass is 203 g/mol. The first kappa shape index (κ1) is 9.26. The highest BCUT2D eigenvalue weighted by Gasteiger charge is 1.99. The molecule has 1 heterocycles. The molecule has 0 bridgehead atoms. The van der Waals surface area contributed by atoms with Gasteiger partial charge < -0.3 is 10.1 Å². The van der Waals surface area contributed by atoms with Gasteiger partial charge >= 0.3 is 6.09 Å². The van der Waals surface area contributed by atoms with E-state index in [1.165, 1.54) is 6.21 Å². The van der Waals surface area contributed by atoms with E-state index < -0.39 is 6.09 Å². The van der Waals surface area contributed by atoms with Gasteiger partial charge in [0, 0.05) is 22.7 Å². The minimum Gasteiger partial charge on any atom is -0.464 e. The number of rotatable bonds is 2. The first-order valence-corrected chi connectivity index (χ1v) is 4.35. The normalized spacial score (nSPS) is 10.9. The van der Waals surface area contributed by atoms with Crippen LogP contribution in [0.3, 0.4) is 0 Å². The van der Waals surface area contributed by atoms with Gasteiger partial charge in [0.2, 0.25) is 0 Å². The van der Waals surface area contributed by atoms with E-state index in [1.807, 2.05) is 29.7 Å². The fourth-order valence-corrected chi connectivity index (χ4v) is 1.36. The molecule has 5 nitrogen and oxygen atoms in total. The third-order valence-corrected chi connectivity index (χ3v) is 1.99. The molecule has 0 atom stereocenters. The Morgan fingerprint density at radius 1 is 1.47 bits per heavy atom. The van der Waals surface area contributed by atoms with Gasteiger partial charge in [-0.2, -0.15) is 5.10 Å². The average molecular weight is 203 g/mol. The third kappa shape index (κ3) is 1.96. The Bertz CT molecular complexity index is 516. The predicted octanol–water partition coefficient (Wildman–Crippen LogP) is 1.77. The molecular weight excluding hydrogens is 194 g/mol. The summed E-state index contributed by atoms with van der Waals surface area (Å²) in [6.07, 6.45) is 2.07. The molecule has 1 aromatic carbocycles. The zero-order chi connectivity index (χ0) is 10.7. The van der Waals surface area contributed by atoms with Crippen LogP contribution in [0.4, 0.5) is 4.79 Å². The van der Waals surface area contributed by atoms with Crippen molar-refractivity contribution in [2.75, 3.05) is 0 Å². The van der Waals surface area contributed by atoms with Crippen LogP contribution in [0.2, 0.25) is 0 Å². The predicted molar refractivity (Wildman–Crippen MR) is 57.1 cm³/mol. The highest BCUT2D eigenvalue weighted by molar-refractivity contribution is 5.99. The van der Waals surface area contributed by atoms with E-state index >= 15 is 0 Å². The molecule has 0 saturated carbocycles. The van der Waals surface area contributed by atoms with Crippen LogP contribution in [-0.4, -0.2) is 22.4 Å². The molecule has 0 spiro atoms. The molecule has 0 aliphatic carbocycles. The topological polar surface area (TPSA) is 77.5 Å². The summed E-state index contributed by atoms with van der Waals surface area (Å²) in [7, 11) is 0. The Morgan fingerprint density at radius 2 is 2.27 bits per heavy atom. The van der Waals surface area contributed by atoms with Crippen molar-refractivity contribution in [2.45, 2.75) is 0 Å². The van der Waals surface area contributed by atoms with Gasteiger partial charge in [-0.25, -0.2) is 10.2 Å². The minimum atomic E-state index is -1.17. The lowest BCUT2D eigenvalue weighted by atomic mass is 10.2. The van der Waals surface area contributed by atoms with Crippen LogP contribution in [0.1, 0.15) is 5.56 Å². The number of nitrogens with zero attached hydrogens (tertiary/aromatic N) is 1. The Hall–Kier alpha value is -2.30. The van der Waals surface area contributed by atoms with E-state index in [4.69, 9.17) is 5.11 Å². The molecule has 2 aromatic rings. The molecule has 2 rings (SSSR count). The van der Waals surface area contributed by atoms with Crippen LogP contribution < -0.4 is 5.43 Å². The van der Waals surface area contributed by atoms with Crippen molar-refractivity contribution >= 4 is 23.2 Å². The van der Waals surface area contributed by atoms with Crippen LogP contribution in [0.5, 0.6) is 0 Å². The summed E-state index contributed by atoms with van der Waals surface area (Å²) in [5.41, 5.74) is 3.76. The molecule has 0 aliphatic heterocycles. The number of nitrogens with one attached hydrogen (secondary N) is 2.